The van der Waals surface area contributed by atoms with Crippen molar-refractivity contribution in [2.75, 3.05) is 26.2 Å². The lowest BCUT2D eigenvalue weighted by Gasteiger charge is -2.33. The van der Waals surface area contributed by atoms with Crippen LogP contribution in [-0.4, -0.2) is 51.7 Å². The highest BCUT2D eigenvalue weighted by Gasteiger charge is 2.24. The molecule has 0 N–H and O–H groups in total. The number of aryl methyl sites for hydroxylation is 3. The molecule has 5 rings (SSSR count). The van der Waals surface area contributed by atoms with E-state index in [4.69, 9.17) is 4.42 Å². The van der Waals surface area contributed by atoms with Crippen molar-refractivity contribution in [2.24, 2.45) is 7.05 Å². The molecule has 1 aliphatic heterocycles. The quantitative estimate of drug-likeness (QED) is 0.483. The fraction of sp³-hybridized carbons (Fsp3) is 0.308. The number of carbonyl (C=O) groups excluding carboxylic acids is 1. The number of carbonyl (C=O) groups is 1. The molecule has 0 spiro atoms. The summed E-state index contributed by atoms with van der Waals surface area (Å²) in [6, 6.07) is 19.0. The van der Waals surface area contributed by atoms with Crippen molar-refractivity contribution in [1.82, 2.24) is 19.6 Å². The minimum Gasteiger partial charge on any atom is -0.460 e. The Hall–Kier alpha value is -3.38. The summed E-state index contributed by atoms with van der Waals surface area (Å²) in [4.78, 5) is 17.0. The normalized spacial score (nSPS) is 14.9. The first kappa shape index (κ1) is 20.5. The van der Waals surface area contributed by atoms with Crippen LogP contribution in [0.15, 0.2) is 59.0 Å². The van der Waals surface area contributed by atoms with E-state index in [-0.39, 0.29) is 5.91 Å². The summed E-state index contributed by atoms with van der Waals surface area (Å²) < 4.78 is 7.85. The first-order chi connectivity index (χ1) is 15.5. The molecular formula is C26H28N4O2. The van der Waals surface area contributed by atoms with Gasteiger partial charge in [-0.3, -0.25) is 14.4 Å². The molecule has 1 aliphatic rings. The molecule has 1 fully saturated rings. The Morgan fingerprint density at radius 2 is 1.66 bits per heavy atom. The Balaban J connectivity index is 1.23. The Labute approximate surface area is 188 Å². The second-order valence-corrected chi connectivity index (χ2v) is 8.69. The molecule has 32 heavy (non-hydrogen) atoms. The average Bonchev–Trinajstić information content (AvgIpc) is 3.35. The van der Waals surface area contributed by atoms with Gasteiger partial charge >= 0.3 is 0 Å². The van der Waals surface area contributed by atoms with Gasteiger partial charge in [-0.2, -0.15) is 5.10 Å². The van der Waals surface area contributed by atoms with Crippen LogP contribution in [0.1, 0.15) is 27.5 Å². The number of hydrogen-bond donors (Lipinski definition) is 0. The van der Waals surface area contributed by atoms with Gasteiger partial charge in [0.25, 0.3) is 5.91 Å². The van der Waals surface area contributed by atoms with Crippen molar-refractivity contribution >= 4 is 16.9 Å². The van der Waals surface area contributed by atoms with E-state index in [1.165, 1.54) is 16.7 Å². The molecular weight excluding hydrogens is 400 g/mol. The third-order valence-electron chi connectivity index (χ3n) is 6.32. The minimum atomic E-state index is 0.0146. The van der Waals surface area contributed by atoms with E-state index in [9.17, 15) is 4.79 Å². The highest BCUT2D eigenvalue weighted by atomic mass is 16.3. The van der Waals surface area contributed by atoms with Gasteiger partial charge in [0.15, 0.2) is 5.69 Å². The maximum Gasteiger partial charge on any atom is 0.274 e. The summed E-state index contributed by atoms with van der Waals surface area (Å²) in [6.07, 6.45) is 0. The zero-order valence-corrected chi connectivity index (χ0v) is 18.8. The predicted molar refractivity (Wildman–Crippen MR) is 126 cm³/mol. The van der Waals surface area contributed by atoms with Crippen LogP contribution in [0.3, 0.4) is 0 Å². The second-order valence-electron chi connectivity index (χ2n) is 8.69. The number of piperazine rings is 1. The standard InChI is InChI=1S/C26H28N4O2/c1-18-4-6-20(7-5-18)21-8-9-25-22(15-21)16-23(32-25)17-29-10-12-30(13-11-29)26(31)24-14-19(2)28(3)27-24/h4-9,14-16H,10-13,17H2,1-3H3. The van der Waals surface area contributed by atoms with E-state index in [1.54, 1.807) is 4.68 Å². The molecule has 0 radical (unpaired) electrons. The van der Waals surface area contributed by atoms with E-state index >= 15 is 0 Å². The molecule has 6 nitrogen and oxygen atoms in total. The van der Waals surface area contributed by atoms with Crippen molar-refractivity contribution in [2.45, 2.75) is 20.4 Å². The van der Waals surface area contributed by atoms with Gasteiger partial charge in [-0.1, -0.05) is 35.9 Å². The van der Waals surface area contributed by atoms with E-state index < -0.39 is 0 Å². The van der Waals surface area contributed by atoms with E-state index in [1.807, 2.05) is 24.9 Å². The summed E-state index contributed by atoms with van der Waals surface area (Å²) in [6.45, 7) is 7.85. The SMILES string of the molecule is Cc1ccc(-c2ccc3oc(CN4CCN(C(=O)c5cc(C)n(C)n5)CC4)cc3c2)cc1. The smallest absolute Gasteiger partial charge is 0.274 e. The molecule has 0 aliphatic carbocycles. The van der Waals surface area contributed by atoms with Crippen LogP contribution in [0.5, 0.6) is 0 Å². The average molecular weight is 429 g/mol. The van der Waals surface area contributed by atoms with Crippen molar-refractivity contribution in [1.29, 1.82) is 0 Å². The van der Waals surface area contributed by atoms with Crippen LogP contribution >= 0.6 is 0 Å². The Morgan fingerprint density at radius 1 is 0.938 bits per heavy atom. The summed E-state index contributed by atoms with van der Waals surface area (Å²) in [5, 5.41) is 5.45. The number of hydrogen-bond acceptors (Lipinski definition) is 4. The van der Waals surface area contributed by atoms with Crippen molar-refractivity contribution in [3.8, 4) is 11.1 Å². The largest absolute Gasteiger partial charge is 0.460 e. The molecule has 3 heterocycles. The lowest BCUT2D eigenvalue weighted by molar-refractivity contribution is 0.0614. The Bertz CT molecular complexity index is 1240. The number of amides is 1. The van der Waals surface area contributed by atoms with Crippen LogP contribution in [0.4, 0.5) is 0 Å². The molecule has 0 unspecified atom stereocenters. The molecule has 2 aromatic heterocycles. The van der Waals surface area contributed by atoms with Crippen molar-refractivity contribution in [3.63, 3.8) is 0 Å². The number of nitrogens with zero attached hydrogens (tertiary/aromatic N) is 4. The first-order valence-corrected chi connectivity index (χ1v) is 11.1. The molecule has 2 aromatic carbocycles. The van der Waals surface area contributed by atoms with Crippen LogP contribution in [0.2, 0.25) is 0 Å². The van der Waals surface area contributed by atoms with Gasteiger partial charge < -0.3 is 9.32 Å². The van der Waals surface area contributed by atoms with Gasteiger partial charge in [-0.15, -0.1) is 0 Å². The van der Waals surface area contributed by atoms with Gasteiger partial charge in [0.2, 0.25) is 0 Å². The molecule has 0 atom stereocenters. The molecule has 164 valence electrons. The topological polar surface area (TPSA) is 54.5 Å². The van der Waals surface area contributed by atoms with Gasteiger partial charge in [-0.05, 0) is 49.2 Å². The number of furan rings is 1. The second kappa shape index (κ2) is 8.28. The summed E-state index contributed by atoms with van der Waals surface area (Å²) in [7, 11) is 1.86. The Kier molecular flexibility index (Phi) is 5.31. The molecule has 1 saturated heterocycles. The summed E-state index contributed by atoms with van der Waals surface area (Å²) >= 11 is 0. The van der Waals surface area contributed by atoms with Gasteiger partial charge in [-0.25, -0.2) is 0 Å². The third kappa shape index (κ3) is 4.06. The molecule has 1 amide bonds. The fourth-order valence-corrected chi connectivity index (χ4v) is 4.26. The first-order valence-electron chi connectivity index (χ1n) is 11.1. The zero-order chi connectivity index (χ0) is 22.2. The number of fused-ring (bicyclic) bond motifs is 1. The summed E-state index contributed by atoms with van der Waals surface area (Å²) in [5.74, 6) is 0.974. The highest BCUT2D eigenvalue weighted by molar-refractivity contribution is 5.92. The number of benzene rings is 2. The van der Waals surface area contributed by atoms with Crippen molar-refractivity contribution < 1.29 is 9.21 Å². The van der Waals surface area contributed by atoms with Crippen LogP contribution in [0.25, 0.3) is 22.1 Å². The van der Waals surface area contributed by atoms with E-state index in [0.29, 0.717) is 18.8 Å². The minimum absolute atomic E-state index is 0.0146. The lowest BCUT2D eigenvalue weighted by atomic mass is 10.0. The molecule has 4 aromatic rings. The number of aromatic nitrogens is 2. The maximum absolute atomic E-state index is 12.7. The monoisotopic (exact) mass is 428 g/mol. The van der Waals surface area contributed by atoms with E-state index in [2.05, 4.69) is 65.5 Å². The molecule has 0 bridgehead atoms. The predicted octanol–water partition coefficient (Wildman–Crippen LogP) is 4.41. The molecule has 6 heteroatoms. The van der Waals surface area contributed by atoms with Crippen LogP contribution in [0, 0.1) is 13.8 Å². The van der Waals surface area contributed by atoms with Gasteiger partial charge in [0, 0.05) is 44.3 Å². The van der Waals surface area contributed by atoms with Gasteiger partial charge in [0.05, 0.1) is 6.54 Å². The highest BCUT2D eigenvalue weighted by Crippen LogP contribution is 2.27. The zero-order valence-electron chi connectivity index (χ0n) is 18.8. The third-order valence-corrected chi connectivity index (χ3v) is 6.32. The van der Waals surface area contributed by atoms with E-state index in [0.717, 1.165) is 42.1 Å². The maximum atomic E-state index is 12.7. The van der Waals surface area contributed by atoms with Gasteiger partial charge in [0.1, 0.15) is 11.3 Å². The Morgan fingerprint density at radius 3 is 2.34 bits per heavy atom. The van der Waals surface area contributed by atoms with Crippen LogP contribution in [-0.2, 0) is 13.6 Å². The van der Waals surface area contributed by atoms with Crippen molar-refractivity contribution in [3.05, 3.63) is 77.3 Å². The number of rotatable bonds is 4. The summed E-state index contributed by atoms with van der Waals surface area (Å²) in [5.41, 5.74) is 6.10. The van der Waals surface area contributed by atoms with Crippen LogP contribution < -0.4 is 0 Å². The molecule has 0 saturated carbocycles. The lowest BCUT2D eigenvalue weighted by Crippen LogP contribution is -2.48. The fourth-order valence-electron chi connectivity index (χ4n) is 4.26.